The van der Waals surface area contributed by atoms with Crippen molar-refractivity contribution in [1.29, 1.82) is 0 Å². The molecule has 2 aliphatic heterocycles. The highest BCUT2D eigenvalue weighted by atomic mass is 79.9. The summed E-state index contributed by atoms with van der Waals surface area (Å²) in [6.45, 7) is 2.16. The van der Waals surface area contributed by atoms with Crippen molar-refractivity contribution in [2.75, 3.05) is 6.61 Å². The van der Waals surface area contributed by atoms with E-state index in [1.807, 2.05) is 25.1 Å². The van der Waals surface area contributed by atoms with Crippen molar-refractivity contribution >= 4 is 51.4 Å². The second kappa shape index (κ2) is 7.08. The van der Waals surface area contributed by atoms with E-state index in [1.54, 1.807) is 6.07 Å². The lowest BCUT2D eigenvalue weighted by Gasteiger charge is -2.27. The maximum atomic E-state index is 13.4. The minimum Gasteiger partial charge on any atom is -0.476 e. The van der Waals surface area contributed by atoms with Crippen LogP contribution in [0.15, 0.2) is 50.9 Å². The van der Waals surface area contributed by atoms with Crippen LogP contribution in [0.4, 0.5) is 4.39 Å². The molecule has 27 heavy (non-hydrogen) atoms. The van der Waals surface area contributed by atoms with Crippen LogP contribution in [0.25, 0.3) is 0 Å². The topological polar surface area (TPSA) is 43.2 Å². The summed E-state index contributed by atoms with van der Waals surface area (Å²) in [5, 5.41) is 0.847. The minimum absolute atomic E-state index is 0.247. The van der Waals surface area contributed by atoms with Crippen LogP contribution in [0.1, 0.15) is 30.2 Å². The SMILES string of the molecule is CC1(C2=NC(c3ccc(Br)cc3Cl)CO2)N=[C]OC1c1ccc(F)cc1Cl. The highest BCUT2D eigenvalue weighted by Crippen LogP contribution is 2.43. The highest BCUT2D eigenvalue weighted by molar-refractivity contribution is 9.10. The maximum Gasteiger partial charge on any atom is 0.275 e. The molecule has 8 heteroatoms. The van der Waals surface area contributed by atoms with Gasteiger partial charge in [0, 0.05) is 15.1 Å². The maximum absolute atomic E-state index is 13.4. The van der Waals surface area contributed by atoms with Gasteiger partial charge in [-0.2, -0.15) is 0 Å². The van der Waals surface area contributed by atoms with Gasteiger partial charge in [0.25, 0.3) is 6.40 Å². The van der Waals surface area contributed by atoms with Crippen molar-refractivity contribution in [2.45, 2.75) is 24.6 Å². The summed E-state index contributed by atoms with van der Waals surface area (Å²) < 4.78 is 25.7. The van der Waals surface area contributed by atoms with Gasteiger partial charge in [0.15, 0.2) is 11.6 Å². The fourth-order valence-electron chi connectivity index (χ4n) is 3.17. The van der Waals surface area contributed by atoms with E-state index in [0.29, 0.717) is 23.1 Å². The van der Waals surface area contributed by atoms with Crippen LogP contribution in [0.2, 0.25) is 10.0 Å². The molecular weight excluding hydrogens is 458 g/mol. The van der Waals surface area contributed by atoms with Crippen LogP contribution in [-0.2, 0) is 9.47 Å². The number of hydrogen-bond donors (Lipinski definition) is 0. The molecule has 0 aliphatic carbocycles. The molecule has 0 fully saturated rings. The molecule has 4 nitrogen and oxygen atoms in total. The second-order valence-electron chi connectivity index (χ2n) is 6.44. The minimum atomic E-state index is -0.960. The lowest BCUT2D eigenvalue weighted by atomic mass is 9.90. The van der Waals surface area contributed by atoms with Crippen LogP contribution in [0.5, 0.6) is 0 Å². The van der Waals surface area contributed by atoms with Gasteiger partial charge in [-0.25, -0.2) is 14.4 Å². The number of benzene rings is 2. The van der Waals surface area contributed by atoms with Crippen LogP contribution < -0.4 is 0 Å². The van der Waals surface area contributed by atoms with E-state index < -0.39 is 17.5 Å². The Morgan fingerprint density at radius 1 is 1.19 bits per heavy atom. The van der Waals surface area contributed by atoms with Crippen LogP contribution in [-0.4, -0.2) is 24.4 Å². The van der Waals surface area contributed by atoms with E-state index in [2.05, 4.69) is 32.3 Å². The summed E-state index contributed by atoms with van der Waals surface area (Å²) in [6, 6.07) is 9.51. The second-order valence-corrected chi connectivity index (χ2v) is 8.17. The molecule has 2 aromatic carbocycles. The van der Waals surface area contributed by atoms with Crippen LogP contribution in [0.3, 0.4) is 0 Å². The zero-order valence-electron chi connectivity index (χ0n) is 14.0. The Hall–Kier alpha value is -1.63. The molecule has 2 aliphatic rings. The summed E-state index contributed by atoms with van der Waals surface area (Å²) in [6.07, 6.45) is 1.91. The van der Waals surface area contributed by atoms with E-state index in [1.165, 1.54) is 12.1 Å². The summed E-state index contributed by atoms with van der Waals surface area (Å²) in [4.78, 5) is 9.00. The van der Waals surface area contributed by atoms with Gasteiger partial charge in [-0.05, 0) is 36.8 Å². The number of nitrogens with zero attached hydrogens (tertiary/aromatic N) is 2. The Balaban J connectivity index is 1.67. The van der Waals surface area contributed by atoms with E-state index in [-0.39, 0.29) is 11.1 Å². The van der Waals surface area contributed by atoms with Crippen molar-refractivity contribution in [3.05, 3.63) is 67.9 Å². The lowest BCUT2D eigenvalue weighted by Crippen LogP contribution is -2.38. The number of aliphatic imine (C=N–C) groups is 2. The molecule has 0 bridgehead atoms. The molecule has 2 aromatic rings. The number of ether oxygens (including phenoxy) is 2. The van der Waals surface area contributed by atoms with Crippen molar-refractivity contribution < 1.29 is 13.9 Å². The average molecular weight is 471 g/mol. The van der Waals surface area contributed by atoms with Crippen molar-refractivity contribution in [3.63, 3.8) is 0 Å². The molecule has 2 heterocycles. The van der Waals surface area contributed by atoms with Gasteiger partial charge in [0.05, 0.1) is 5.02 Å². The smallest absolute Gasteiger partial charge is 0.275 e. The number of hydrogen-bond acceptors (Lipinski definition) is 4. The summed E-state index contributed by atoms with van der Waals surface area (Å²) in [5.74, 6) is -0.0189. The van der Waals surface area contributed by atoms with Gasteiger partial charge in [0.1, 0.15) is 18.5 Å². The number of halogens is 4. The Morgan fingerprint density at radius 2 is 1.93 bits per heavy atom. The van der Waals surface area contributed by atoms with Gasteiger partial charge in [0.2, 0.25) is 5.90 Å². The van der Waals surface area contributed by atoms with Crippen molar-refractivity contribution in [2.24, 2.45) is 9.98 Å². The van der Waals surface area contributed by atoms with Gasteiger partial charge in [-0.3, -0.25) is 0 Å². The monoisotopic (exact) mass is 469 g/mol. The Labute approximate surface area is 174 Å². The van der Waals surface area contributed by atoms with Gasteiger partial charge in [-0.15, -0.1) is 0 Å². The first-order valence-electron chi connectivity index (χ1n) is 8.12. The third kappa shape index (κ3) is 3.35. The van der Waals surface area contributed by atoms with Gasteiger partial charge < -0.3 is 9.47 Å². The fourth-order valence-corrected chi connectivity index (χ4v) is 4.24. The third-order valence-corrected chi connectivity index (χ3v) is 5.76. The van der Waals surface area contributed by atoms with E-state index in [4.69, 9.17) is 32.7 Å². The molecule has 0 saturated carbocycles. The molecule has 0 amide bonds. The van der Waals surface area contributed by atoms with E-state index in [0.717, 1.165) is 10.0 Å². The standard InChI is InChI=1S/C19H13BrCl2FN2O2/c1-19(17(27-9-24-19)13-5-3-11(23)7-15(13)22)18-25-16(8-26-18)12-4-2-10(20)6-14(12)21/h2-7,16-17H,8H2,1H3. The first-order chi connectivity index (χ1) is 12.9. The van der Waals surface area contributed by atoms with E-state index in [9.17, 15) is 4.39 Å². The first-order valence-corrected chi connectivity index (χ1v) is 9.67. The predicted octanol–water partition coefficient (Wildman–Crippen LogP) is 5.80. The normalized spacial score (nSPS) is 26.6. The molecule has 3 unspecified atom stereocenters. The zero-order valence-corrected chi connectivity index (χ0v) is 17.1. The summed E-state index contributed by atoms with van der Waals surface area (Å²) >= 11 is 15.9. The first kappa shape index (κ1) is 18.7. The van der Waals surface area contributed by atoms with Crippen molar-refractivity contribution in [1.82, 2.24) is 0 Å². The lowest BCUT2D eigenvalue weighted by molar-refractivity contribution is 0.169. The van der Waals surface area contributed by atoms with Gasteiger partial charge in [-0.1, -0.05) is 51.3 Å². The molecule has 0 N–H and O–H groups in total. The molecular formula is C19H13BrCl2FN2O2. The molecule has 3 atom stereocenters. The number of rotatable bonds is 3. The molecule has 4 rings (SSSR count). The quantitative estimate of drug-likeness (QED) is 0.568. The Kier molecular flexibility index (Phi) is 4.91. The van der Waals surface area contributed by atoms with E-state index >= 15 is 0 Å². The third-order valence-electron chi connectivity index (χ3n) is 4.61. The largest absolute Gasteiger partial charge is 0.476 e. The van der Waals surface area contributed by atoms with Crippen LogP contribution >= 0.6 is 39.1 Å². The molecule has 1 radical (unpaired) electrons. The van der Waals surface area contributed by atoms with Crippen LogP contribution in [0, 0.1) is 5.82 Å². The Bertz CT molecular complexity index is 969. The fraction of sp³-hybridized carbons (Fsp3) is 0.263. The average Bonchev–Trinajstić information content (AvgIpc) is 3.23. The van der Waals surface area contributed by atoms with Gasteiger partial charge >= 0.3 is 0 Å². The zero-order chi connectivity index (χ0) is 19.2. The summed E-state index contributed by atoms with van der Waals surface area (Å²) in [5.41, 5.74) is 0.491. The molecule has 0 aromatic heterocycles. The highest BCUT2D eigenvalue weighted by Gasteiger charge is 2.49. The molecule has 0 saturated heterocycles. The molecule has 0 spiro atoms. The van der Waals surface area contributed by atoms with Crippen molar-refractivity contribution in [3.8, 4) is 0 Å². The molecule has 139 valence electrons. The summed E-state index contributed by atoms with van der Waals surface area (Å²) in [7, 11) is 0. The predicted molar refractivity (Wildman–Crippen MR) is 106 cm³/mol. The Morgan fingerprint density at radius 3 is 2.67 bits per heavy atom.